The second-order valence-electron chi connectivity index (χ2n) is 4.25. The topological polar surface area (TPSA) is 12.0 Å². The molecule has 1 aromatic heterocycles. The van der Waals surface area contributed by atoms with E-state index in [0.29, 0.717) is 0 Å². The fourth-order valence-electron chi connectivity index (χ4n) is 1.84. The molecule has 0 fully saturated rings. The normalized spacial score (nSPS) is 10.7. The van der Waals surface area contributed by atoms with Crippen molar-refractivity contribution in [2.45, 2.75) is 33.4 Å². The number of hydrogen-bond acceptors (Lipinski definition) is 2. The van der Waals surface area contributed by atoms with E-state index in [1.165, 1.54) is 20.9 Å². The van der Waals surface area contributed by atoms with Crippen LogP contribution in [0.1, 0.15) is 27.8 Å². The van der Waals surface area contributed by atoms with Gasteiger partial charge in [-0.3, -0.25) is 0 Å². The Morgan fingerprint density at radius 1 is 1.00 bits per heavy atom. The second-order valence-corrected chi connectivity index (χ2v) is 5.50. The van der Waals surface area contributed by atoms with E-state index in [9.17, 15) is 0 Å². The SMILES string of the molecule is CCc1ccc(CNCc2ccccc2C)s1. The molecule has 1 aromatic carbocycles. The zero-order chi connectivity index (χ0) is 12.1. The molecule has 0 bridgehead atoms. The summed E-state index contributed by atoms with van der Waals surface area (Å²) in [7, 11) is 0. The molecule has 0 atom stereocenters. The molecule has 2 aromatic rings. The van der Waals surface area contributed by atoms with Crippen LogP contribution in [0.5, 0.6) is 0 Å². The molecule has 0 aliphatic heterocycles. The highest BCUT2D eigenvalue weighted by Crippen LogP contribution is 2.16. The first-order chi connectivity index (χ1) is 8.29. The van der Waals surface area contributed by atoms with E-state index in [1.54, 1.807) is 0 Å². The first kappa shape index (κ1) is 12.3. The molecule has 0 aliphatic rings. The van der Waals surface area contributed by atoms with Crippen LogP contribution in [-0.2, 0) is 19.5 Å². The van der Waals surface area contributed by atoms with Gasteiger partial charge in [0.15, 0.2) is 0 Å². The smallest absolute Gasteiger partial charge is 0.0303 e. The maximum Gasteiger partial charge on any atom is 0.0303 e. The van der Waals surface area contributed by atoms with Crippen LogP contribution in [0.4, 0.5) is 0 Å². The molecule has 0 spiro atoms. The van der Waals surface area contributed by atoms with Crippen LogP contribution >= 0.6 is 11.3 Å². The number of thiophene rings is 1. The molecule has 0 amide bonds. The molecule has 1 heterocycles. The first-order valence-corrected chi connectivity index (χ1v) is 6.94. The number of benzene rings is 1. The monoisotopic (exact) mass is 245 g/mol. The third-order valence-corrected chi connectivity index (χ3v) is 4.17. The third-order valence-electron chi connectivity index (χ3n) is 2.94. The largest absolute Gasteiger partial charge is 0.308 e. The average Bonchev–Trinajstić information content (AvgIpc) is 2.80. The Morgan fingerprint density at radius 3 is 2.47 bits per heavy atom. The number of nitrogens with one attached hydrogen (secondary N) is 1. The van der Waals surface area contributed by atoms with E-state index in [0.717, 1.165) is 19.5 Å². The average molecular weight is 245 g/mol. The Morgan fingerprint density at radius 2 is 1.76 bits per heavy atom. The van der Waals surface area contributed by atoms with Crippen molar-refractivity contribution < 1.29 is 0 Å². The summed E-state index contributed by atoms with van der Waals surface area (Å²) < 4.78 is 0. The minimum absolute atomic E-state index is 0.950. The highest BCUT2D eigenvalue weighted by Gasteiger charge is 1.99. The fourth-order valence-corrected chi connectivity index (χ4v) is 2.76. The van der Waals surface area contributed by atoms with Crippen LogP contribution in [0.25, 0.3) is 0 Å². The predicted molar refractivity (Wildman–Crippen MR) is 75.4 cm³/mol. The molecule has 1 N–H and O–H groups in total. The lowest BCUT2D eigenvalue weighted by Gasteiger charge is -2.06. The summed E-state index contributed by atoms with van der Waals surface area (Å²) in [6.07, 6.45) is 1.14. The Bertz CT molecular complexity index is 473. The number of hydrogen-bond donors (Lipinski definition) is 1. The molecule has 90 valence electrons. The summed E-state index contributed by atoms with van der Waals surface area (Å²) in [4.78, 5) is 2.90. The van der Waals surface area contributed by atoms with Crippen molar-refractivity contribution in [3.05, 3.63) is 57.3 Å². The standard InChI is InChI=1S/C15H19NS/c1-3-14-8-9-15(17-14)11-16-10-13-7-5-4-6-12(13)2/h4-9,16H,3,10-11H2,1-2H3. The molecule has 0 unspecified atom stereocenters. The van der Waals surface area contributed by atoms with Crippen molar-refractivity contribution in [1.82, 2.24) is 5.32 Å². The highest BCUT2D eigenvalue weighted by molar-refractivity contribution is 7.11. The Kier molecular flexibility index (Phi) is 4.35. The lowest BCUT2D eigenvalue weighted by Crippen LogP contribution is -2.12. The Balaban J connectivity index is 1.85. The molecule has 0 radical (unpaired) electrons. The first-order valence-electron chi connectivity index (χ1n) is 6.12. The molecular formula is C15H19NS. The zero-order valence-corrected chi connectivity index (χ0v) is 11.3. The molecule has 0 saturated carbocycles. The summed E-state index contributed by atoms with van der Waals surface area (Å²) in [6.45, 7) is 6.29. The molecule has 1 nitrogen and oxygen atoms in total. The lowest BCUT2D eigenvalue weighted by molar-refractivity contribution is 0.698. The minimum Gasteiger partial charge on any atom is -0.308 e. The summed E-state index contributed by atoms with van der Waals surface area (Å²) in [5.74, 6) is 0. The van der Waals surface area contributed by atoms with E-state index in [-0.39, 0.29) is 0 Å². The quantitative estimate of drug-likeness (QED) is 0.842. The van der Waals surface area contributed by atoms with Gasteiger partial charge in [-0.15, -0.1) is 11.3 Å². The number of aryl methyl sites for hydroxylation is 2. The summed E-state index contributed by atoms with van der Waals surface area (Å²) >= 11 is 1.91. The van der Waals surface area contributed by atoms with Crippen molar-refractivity contribution in [3.63, 3.8) is 0 Å². The van der Waals surface area contributed by atoms with Crippen molar-refractivity contribution in [3.8, 4) is 0 Å². The molecule has 0 saturated heterocycles. The van der Waals surface area contributed by atoms with Crippen LogP contribution in [-0.4, -0.2) is 0 Å². The maximum atomic E-state index is 3.51. The van der Waals surface area contributed by atoms with Crippen molar-refractivity contribution in [2.75, 3.05) is 0 Å². The van der Waals surface area contributed by atoms with E-state index < -0.39 is 0 Å². The summed E-state index contributed by atoms with van der Waals surface area (Å²) in [5, 5.41) is 3.51. The molecule has 17 heavy (non-hydrogen) atoms. The molecule has 0 aliphatic carbocycles. The van der Waals surface area contributed by atoms with Crippen LogP contribution in [0.15, 0.2) is 36.4 Å². The fraction of sp³-hybridized carbons (Fsp3) is 0.333. The van der Waals surface area contributed by atoms with Gasteiger partial charge in [-0.05, 0) is 36.6 Å². The van der Waals surface area contributed by atoms with Gasteiger partial charge in [-0.25, -0.2) is 0 Å². The van der Waals surface area contributed by atoms with Crippen LogP contribution < -0.4 is 5.32 Å². The molecule has 2 heteroatoms. The van der Waals surface area contributed by atoms with Crippen molar-refractivity contribution in [1.29, 1.82) is 0 Å². The van der Waals surface area contributed by atoms with Gasteiger partial charge >= 0.3 is 0 Å². The lowest BCUT2D eigenvalue weighted by atomic mass is 10.1. The van der Waals surface area contributed by atoms with E-state index >= 15 is 0 Å². The van der Waals surface area contributed by atoms with Crippen molar-refractivity contribution in [2.24, 2.45) is 0 Å². The second kappa shape index (κ2) is 5.99. The van der Waals surface area contributed by atoms with E-state index in [1.807, 2.05) is 11.3 Å². The number of rotatable bonds is 5. The van der Waals surface area contributed by atoms with Crippen LogP contribution in [0.3, 0.4) is 0 Å². The van der Waals surface area contributed by atoms with Crippen LogP contribution in [0, 0.1) is 6.92 Å². The molecular weight excluding hydrogens is 226 g/mol. The Labute approximate surface area is 108 Å². The van der Waals surface area contributed by atoms with Crippen molar-refractivity contribution >= 4 is 11.3 Å². The van der Waals surface area contributed by atoms with Gasteiger partial charge < -0.3 is 5.32 Å². The van der Waals surface area contributed by atoms with Gasteiger partial charge in [0.05, 0.1) is 0 Å². The highest BCUT2D eigenvalue weighted by atomic mass is 32.1. The van der Waals surface area contributed by atoms with Gasteiger partial charge in [-0.2, -0.15) is 0 Å². The molecule has 2 rings (SSSR count). The maximum absolute atomic E-state index is 3.51. The van der Waals surface area contributed by atoms with Gasteiger partial charge in [0, 0.05) is 22.8 Å². The van der Waals surface area contributed by atoms with Gasteiger partial charge in [0.1, 0.15) is 0 Å². The third kappa shape index (κ3) is 3.42. The zero-order valence-electron chi connectivity index (χ0n) is 10.5. The Hall–Kier alpha value is -1.12. The van der Waals surface area contributed by atoms with Gasteiger partial charge in [0.2, 0.25) is 0 Å². The minimum atomic E-state index is 0.950. The van der Waals surface area contributed by atoms with Crippen LogP contribution in [0.2, 0.25) is 0 Å². The van der Waals surface area contributed by atoms with E-state index in [4.69, 9.17) is 0 Å². The summed E-state index contributed by atoms with van der Waals surface area (Å²) in [6, 6.07) is 13.0. The van der Waals surface area contributed by atoms with E-state index in [2.05, 4.69) is 55.6 Å². The predicted octanol–water partition coefficient (Wildman–Crippen LogP) is 3.91. The van der Waals surface area contributed by atoms with Gasteiger partial charge in [0.25, 0.3) is 0 Å². The summed E-state index contributed by atoms with van der Waals surface area (Å²) in [5.41, 5.74) is 2.75. The van der Waals surface area contributed by atoms with Gasteiger partial charge in [-0.1, -0.05) is 31.2 Å².